The highest BCUT2D eigenvalue weighted by Crippen LogP contribution is 2.51. The summed E-state index contributed by atoms with van der Waals surface area (Å²) in [4.78, 5) is 9.23. The van der Waals surface area contributed by atoms with E-state index in [0.29, 0.717) is 0 Å². The Labute approximate surface area is 184 Å². The molecule has 31 heavy (non-hydrogen) atoms. The molecule has 2 heterocycles. The van der Waals surface area contributed by atoms with Gasteiger partial charge in [0.25, 0.3) is 0 Å². The number of fused-ring (bicyclic) bond motifs is 3. The number of anilines is 5. The maximum absolute atomic E-state index is 10.7. The van der Waals surface area contributed by atoms with Crippen molar-refractivity contribution in [2.24, 2.45) is 0 Å². The third-order valence-corrected chi connectivity index (χ3v) is 6.80. The number of thiazole rings is 1. The summed E-state index contributed by atoms with van der Waals surface area (Å²) in [6.45, 7) is 0. The molecule has 0 aliphatic carbocycles. The average Bonchev–Trinajstić information content (AvgIpc) is 3.24. The van der Waals surface area contributed by atoms with Gasteiger partial charge in [-0.05, 0) is 54.6 Å². The zero-order chi connectivity index (χ0) is 20.9. The van der Waals surface area contributed by atoms with Crippen molar-refractivity contribution in [3.63, 3.8) is 0 Å². The van der Waals surface area contributed by atoms with Crippen molar-refractivity contribution in [2.75, 3.05) is 16.8 Å². The predicted octanol–water partition coefficient (Wildman–Crippen LogP) is 7.22. The minimum absolute atomic E-state index is 0.235. The Bertz CT molecular complexity index is 1360. The molecule has 0 amide bonds. The number of benzene rings is 4. The van der Waals surface area contributed by atoms with Crippen molar-refractivity contribution in [3.05, 3.63) is 91.0 Å². The van der Waals surface area contributed by atoms with Gasteiger partial charge in [0, 0.05) is 12.7 Å². The zero-order valence-corrected chi connectivity index (χ0v) is 17.7. The molecule has 1 aliphatic heterocycles. The van der Waals surface area contributed by atoms with Crippen LogP contribution in [0.15, 0.2) is 91.0 Å². The van der Waals surface area contributed by atoms with Crippen molar-refractivity contribution in [3.8, 4) is 16.3 Å². The van der Waals surface area contributed by atoms with Crippen molar-refractivity contribution >= 4 is 50.0 Å². The number of hydrogen-bond donors (Lipinski definition) is 1. The predicted molar refractivity (Wildman–Crippen MR) is 129 cm³/mol. The normalized spacial score (nSPS) is 12.7. The fraction of sp³-hybridized carbons (Fsp3) is 0.0385. The SMILES string of the molecule is CN1c2ccccc2N(c2ccc(O)c(-c3nc4ccccc4s3)c2)c2ccccc21. The molecule has 4 aromatic carbocycles. The first-order valence-electron chi connectivity index (χ1n) is 10.1. The van der Waals surface area contributed by atoms with E-state index in [1.165, 1.54) is 0 Å². The molecular formula is C26H19N3OS. The molecule has 0 bridgehead atoms. The summed E-state index contributed by atoms with van der Waals surface area (Å²) < 4.78 is 1.11. The number of phenols is 1. The maximum atomic E-state index is 10.7. The highest BCUT2D eigenvalue weighted by Gasteiger charge is 2.27. The van der Waals surface area contributed by atoms with Crippen LogP contribution in [0.2, 0.25) is 0 Å². The van der Waals surface area contributed by atoms with E-state index in [1.807, 2.05) is 30.3 Å². The molecule has 150 valence electrons. The van der Waals surface area contributed by atoms with Crippen LogP contribution in [-0.4, -0.2) is 17.1 Å². The van der Waals surface area contributed by atoms with E-state index in [1.54, 1.807) is 17.4 Å². The smallest absolute Gasteiger partial charge is 0.128 e. The first-order chi connectivity index (χ1) is 15.2. The lowest BCUT2D eigenvalue weighted by Gasteiger charge is -2.38. The third-order valence-electron chi connectivity index (χ3n) is 5.73. The largest absolute Gasteiger partial charge is 0.507 e. The van der Waals surface area contributed by atoms with E-state index in [4.69, 9.17) is 4.98 Å². The van der Waals surface area contributed by atoms with Gasteiger partial charge in [0.05, 0.1) is 38.5 Å². The van der Waals surface area contributed by atoms with Gasteiger partial charge < -0.3 is 14.9 Å². The number of aromatic nitrogens is 1. The van der Waals surface area contributed by atoms with E-state index < -0.39 is 0 Å². The molecule has 0 saturated heterocycles. The van der Waals surface area contributed by atoms with Crippen molar-refractivity contribution in [1.82, 2.24) is 4.98 Å². The van der Waals surface area contributed by atoms with Gasteiger partial charge in [0.2, 0.25) is 0 Å². The summed E-state index contributed by atoms with van der Waals surface area (Å²) >= 11 is 1.59. The Morgan fingerprint density at radius 2 is 1.35 bits per heavy atom. The number of hydrogen-bond acceptors (Lipinski definition) is 5. The summed E-state index contributed by atoms with van der Waals surface area (Å²) in [6, 6.07) is 30.6. The first kappa shape index (κ1) is 18.0. The molecule has 1 aliphatic rings. The Morgan fingerprint density at radius 3 is 2.03 bits per heavy atom. The third kappa shape index (κ3) is 2.78. The number of phenolic OH excluding ortho intramolecular Hbond substituents is 1. The van der Waals surface area contributed by atoms with E-state index in [2.05, 4.69) is 71.4 Å². The van der Waals surface area contributed by atoms with Crippen molar-refractivity contribution in [2.45, 2.75) is 0 Å². The molecule has 6 rings (SSSR count). The van der Waals surface area contributed by atoms with Crippen molar-refractivity contribution in [1.29, 1.82) is 0 Å². The molecule has 0 saturated carbocycles. The quantitative estimate of drug-likeness (QED) is 0.327. The maximum Gasteiger partial charge on any atom is 0.128 e. The van der Waals surface area contributed by atoms with Gasteiger partial charge in [0.15, 0.2) is 0 Å². The minimum Gasteiger partial charge on any atom is -0.507 e. The molecule has 1 N–H and O–H groups in total. The summed E-state index contributed by atoms with van der Waals surface area (Å²) in [5.74, 6) is 0.235. The summed E-state index contributed by atoms with van der Waals surface area (Å²) in [6.07, 6.45) is 0. The van der Waals surface area contributed by atoms with Crippen LogP contribution in [0.5, 0.6) is 5.75 Å². The summed E-state index contributed by atoms with van der Waals surface area (Å²) in [5, 5.41) is 11.5. The molecule has 0 unspecified atom stereocenters. The van der Waals surface area contributed by atoms with Crippen LogP contribution >= 0.6 is 11.3 Å². The lowest BCUT2D eigenvalue weighted by atomic mass is 10.1. The first-order valence-corrected chi connectivity index (χ1v) is 10.9. The van der Waals surface area contributed by atoms with Gasteiger partial charge in [0.1, 0.15) is 10.8 Å². The number of nitrogens with zero attached hydrogens (tertiary/aromatic N) is 3. The van der Waals surface area contributed by atoms with Gasteiger partial charge in [-0.3, -0.25) is 0 Å². The molecular weight excluding hydrogens is 402 g/mol. The molecule has 1 aromatic heterocycles. The van der Waals surface area contributed by atoms with Gasteiger partial charge in [-0.2, -0.15) is 0 Å². The van der Waals surface area contributed by atoms with Crippen LogP contribution < -0.4 is 9.80 Å². The molecule has 5 heteroatoms. The highest BCUT2D eigenvalue weighted by atomic mass is 32.1. The summed E-state index contributed by atoms with van der Waals surface area (Å²) in [7, 11) is 2.10. The van der Waals surface area contributed by atoms with Gasteiger partial charge in [-0.25, -0.2) is 4.98 Å². The van der Waals surface area contributed by atoms with Gasteiger partial charge in [-0.15, -0.1) is 11.3 Å². The monoisotopic (exact) mass is 421 g/mol. The van der Waals surface area contributed by atoms with E-state index in [9.17, 15) is 5.11 Å². The van der Waals surface area contributed by atoms with E-state index in [-0.39, 0.29) is 5.75 Å². The van der Waals surface area contributed by atoms with Gasteiger partial charge in [-0.1, -0.05) is 36.4 Å². The molecule has 0 fully saturated rings. The number of rotatable bonds is 2. The van der Waals surface area contributed by atoms with Crippen LogP contribution in [0, 0.1) is 0 Å². The second-order valence-corrected chi connectivity index (χ2v) is 8.59. The zero-order valence-electron chi connectivity index (χ0n) is 16.9. The lowest BCUT2D eigenvalue weighted by molar-refractivity contribution is 0.477. The Kier molecular flexibility index (Phi) is 3.98. The Balaban J connectivity index is 1.56. The van der Waals surface area contributed by atoms with Crippen LogP contribution in [0.25, 0.3) is 20.8 Å². The lowest BCUT2D eigenvalue weighted by Crippen LogP contribution is -2.23. The number of para-hydroxylation sites is 5. The van der Waals surface area contributed by atoms with E-state index >= 15 is 0 Å². The molecule has 5 aromatic rings. The van der Waals surface area contributed by atoms with Gasteiger partial charge >= 0.3 is 0 Å². The minimum atomic E-state index is 0.235. The molecule has 0 radical (unpaired) electrons. The molecule has 4 nitrogen and oxygen atoms in total. The Morgan fingerprint density at radius 1 is 0.742 bits per heavy atom. The molecule has 0 spiro atoms. The van der Waals surface area contributed by atoms with Crippen LogP contribution in [0.3, 0.4) is 0 Å². The average molecular weight is 422 g/mol. The topological polar surface area (TPSA) is 39.6 Å². The van der Waals surface area contributed by atoms with Crippen molar-refractivity contribution < 1.29 is 5.11 Å². The standard InChI is InChI=1S/C26H19N3OS/c1-28-20-9-3-5-11-22(20)29(23-12-6-4-10-21(23)28)17-14-15-24(30)18(16-17)26-27-19-8-2-7-13-25(19)31-26/h2-16,30H,1H3. The Hall–Kier alpha value is -3.83. The fourth-order valence-electron chi connectivity index (χ4n) is 4.23. The molecule has 0 atom stereocenters. The highest BCUT2D eigenvalue weighted by molar-refractivity contribution is 7.21. The fourth-order valence-corrected chi connectivity index (χ4v) is 5.22. The van der Waals surface area contributed by atoms with E-state index in [0.717, 1.165) is 49.2 Å². The second kappa shape index (κ2) is 6.86. The summed E-state index contributed by atoms with van der Waals surface area (Å²) in [5.41, 5.74) is 7.15. The number of aromatic hydroxyl groups is 1. The van der Waals surface area contributed by atoms with Crippen LogP contribution in [0.4, 0.5) is 28.4 Å². The van der Waals surface area contributed by atoms with Crippen LogP contribution in [-0.2, 0) is 0 Å². The van der Waals surface area contributed by atoms with Crippen LogP contribution in [0.1, 0.15) is 0 Å². The second-order valence-electron chi connectivity index (χ2n) is 7.56.